The minimum Gasteiger partial charge on any atom is -0.292 e. The molecule has 0 bridgehead atoms. The first-order valence-corrected chi connectivity index (χ1v) is 10.1. The Morgan fingerprint density at radius 1 is 1.00 bits per heavy atom. The van der Waals surface area contributed by atoms with Crippen LogP contribution in [-0.2, 0) is 0 Å². The van der Waals surface area contributed by atoms with Crippen LogP contribution in [0.25, 0.3) is 28.2 Å². The summed E-state index contributed by atoms with van der Waals surface area (Å²) in [6, 6.07) is 13.3. The number of rotatable bonds is 4. The van der Waals surface area contributed by atoms with Gasteiger partial charge in [-0.3, -0.25) is 15.7 Å². The fourth-order valence-corrected chi connectivity index (χ4v) is 3.53. The highest BCUT2D eigenvalue weighted by Gasteiger charge is 2.18. The van der Waals surface area contributed by atoms with Gasteiger partial charge in [-0.2, -0.15) is 10.2 Å². The molecule has 0 spiro atoms. The van der Waals surface area contributed by atoms with Gasteiger partial charge in [0.1, 0.15) is 17.3 Å². The minimum atomic E-state index is -0.475. The molecule has 0 saturated carbocycles. The molecule has 0 unspecified atom stereocenters. The molecule has 5 aromatic rings. The van der Waals surface area contributed by atoms with E-state index in [1.165, 1.54) is 6.07 Å². The van der Waals surface area contributed by atoms with Crippen LogP contribution >= 0.6 is 0 Å². The van der Waals surface area contributed by atoms with Gasteiger partial charge in [0.15, 0.2) is 11.5 Å². The number of aromatic nitrogens is 6. The zero-order valence-electron chi connectivity index (χ0n) is 17.8. The Morgan fingerprint density at radius 3 is 2.64 bits per heavy atom. The Morgan fingerprint density at radius 2 is 1.85 bits per heavy atom. The first kappa shape index (κ1) is 20.3. The number of benzene rings is 1. The smallest absolute Gasteiger partial charge is 0.292 e. The summed E-state index contributed by atoms with van der Waals surface area (Å²) >= 11 is 0. The maximum atomic E-state index is 13.9. The number of carbonyl (C=O) groups is 1. The predicted octanol–water partition coefficient (Wildman–Crippen LogP) is 4.58. The van der Waals surface area contributed by atoms with Crippen LogP contribution in [-0.4, -0.2) is 35.8 Å². The van der Waals surface area contributed by atoms with Crippen LogP contribution in [0.3, 0.4) is 0 Å². The Labute approximate surface area is 187 Å². The van der Waals surface area contributed by atoms with Gasteiger partial charge >= 0.3 is 6.03 Å². The largest absolute Gasteiger partial charge is 0.326 e. The topological polar surface area (TPSA) is 113 Å². The standard InChI is InChI=1S/C23H19FN8O/c1-13-10-15(5-6-17(13)24)21-22(32-20(29-21)4-3-8-26-32)16-7-9-25-18(12-16)27-23(33)28-19-11-14(2)30-31-19/h3-12H,1-2H3,(H3,25,27,28,30,31,33). The van der Waals surface area contributed by atoms with Crippen molar-refractivity contribution in [1.82, 2.24) is 29.8 Å². The van der Waals surface area contributed by atoms with Crippen molar-refractivity contribution >= 4 is 23.3 Å². The van der Waals surface area contributed by atoms with Crippen molar-refractivity contribution in [2.75, 3.05) is 10.6 Å². The molecule has 0 fully saturated rings. The summed E-state index contributed by atoms with van der Waals surface area (Å²) in [5, 5.41) is 16.5. The van der Waals surface area contributed by atoms with E-state index < -0.39 is 6.03 Å². The number of aryl methyl sites for hydroxylation is 2. The number of hydrogen-bond donors (Lipinski definition) is 3. The number of urea groups is 1. The van der Waals surface area contributed by atoms with Crippen LogP contribution in [0.2, 0.25) is 0 Å². The molecular weight excluding hydrogens is 423 g/mol. The van der Waals surface area contributed by atoms with Gasteiger partial charge < -0.3 is 0 Å². The Balaban J connectivity index is 1.54. The second-order valence-corrected chi connectivity index (χ2v) is 7.51. The molecule has 0 aliphatic carbocycles. The second kappa shape index (κ2) is 8.15. The highest BCUT2D eigenvalue weighted by molar-refractivity contribution is 5.99. The third kappa shape index (κ3) is 4.01. The second-order valence-electron chi connectivity index (χ2n) is 7.51. The molecule has 5 rings (SSSR count). The number of anilines is 2. The van der Waals surface area contributed by atoms with Gasteiger partial charge in [-0.1, -0.05) is 0 Å². The van der Waals surface area contributed by atoms with Crippen LogP contribution in [0.1, 0.15) is 11.3 Å². The van der Waals surface area contributed by atoms with Crippen molar-refractivity contribution in [3.63, 3.8) is 0 Å². The van der Waals surface area contributed by atoms with Gasteiger partial charge in [0, 0.05) is 35.3 Å². The fraction of sp³-hybridized carbons (Fsp3) is 0.0870. The number of pyridine rings is 1. The van der Waals surface area contributed by atoms with Gasteiger partial charge in [-0.25, -0.2) is 23.7 Å². The van der Waals surface area contributed by atoms with E-state index in [2.05, 4.69) is 30.9 Å². The summed E-state index contributed by atoms with van der Waals surface area (Å²) in [7, 11) is 0. The minimum absolute atomic E-state index is 0.282. The van der Waals surface area contributed by atoms with E-state index in [1.54, 1.807) is 60.2 Å². The van der Waals surface area contributed by atoms with E-state index in [0.29, 0.717) is 34.2 Å². The van der Waals surface area contributed by atoms with E-state index in [1.807, 2.05) is 13.0 Å². The molecule has 164 valence electrons. The molecule has 4 heterocycles. The average Bonchev–Trinajstić information content (AvgIpc) is 3.39. The van der Waals surface area contributed by atoms with Crippen LogP contribution in [0.15, 0.2) is 60.9 Å². The van der Waals surface area contributed by atoms with E-state index in [4.69, 9.17) is 4.98 Å². The van der Waals surface area contributed by atoms with Crippen molar-refractivity contribution in [3.8, 4) is 22.5 Å². The first-order valence-electron chi connectivity index (χ1n) is 10.1. The number of fused-ring (bicyclic) bond motifs is 1. The zero-order chi connectivity index (χ0) is 22.9. The molecule has 10 heteroatoms. The maximum absolute atomic E-state index is 13.9. The first-order chi connectivity index (χ1) is 16.0. The monoisotopic (exact) mass is 442 g/mol. The van der Waals surface area contributed by atoms with Crippen molar-refractivity contribution < 1.29 is 9.18 Å². The van der Waals surface area contributed by atoms with Crippen LogP contribution in [0.4, 0.5) is 20.8 Å². The third-order valence-electron chi connectivity index (χ3n) is 5.05. The van der Waals surface area contributed by atoms with Crippen LogP contribution in [0, 0.1) is 19.7 Å². The number of H-pyrrole nitrogens is 1. The number of aromatic amines is 1. The Hall–Kier alpha value is -4.60. The van der Waals surface area contributed by atoms with Crippen LogP contribution < -0.4 is 10.6 Å². The Kier molecular flexibility index (Phi) is 5.02. The molecule has 1 aromatic carbocycles. The number of halogens is 1. The van der Waals surface area contributed by atoms with Crippen molar-refractivity contribution in [3.05, 3.63) is 78.0 Å². The molecule has 0 radical (unpaired) electrons. The number of nitrogens with one attached hydrogen (secondary N) is 3. The van der Waals surface area contributed by atoms with E-state index in [-0.39, 0.29) is 5.82 Å². The van der Waals surface area contributed by atoms with Gasteiger partial charge in [-0.05, 0) is 61.9 Å². The van der Waals surface area contributed by atoms with E-state index in [9.17, 15) is 9.18 Å². The Bertz CT molecular complexity index is 1490. The molecule has 2 amide bonds. The summed E-state index contributed by atoms with van der Waals surface area (Å²) in [4.78, 5) is 21.3. The predicted molar refractivity (Wildman–Crippen MR) is 122 cm³/mol. The lowest BCUT2D eigenvalue weighted by Crippen LogP contribution is -2.20. The number of amides is 2. The molecule has 33 heavy (non-hydrogen) atoms. The fourth-order valence-electron chi connectivity index (χ4n) is 3.53. The molecule has 0 aliphatic heterocycles. The zero-order valence-corrected chi connectivity index (χ0v) is 17.8. The summed E-state index contributed by atoms with van der Waals surface area (Å²) in [5.41, 5.74) is 4.82. The number of carbonyl (C=O) groups excluding carboxylic acids is 1. The molecule has 0 saturated heterocycles. The SMILES string of the molecule is Cc1cc(NC(=O)Nc2cc(-c3c(-c4ccc(F)c(C)c4)nc4cccnn34)ccn2)n[nH]1. The van der Waals surface area contributed by atoms with Gasteiger partial charge in [0.25, 0.3) is 0 Å². The third-order valence-corrected chi connectivity index (χ3v) is 5.05. The van der Waals surface area contributed by atoms with Crippen molar-refractivity contribution in [2.45, 2.75) is 13.8 Å². The van der Waals surface area contributed by atoms with Gasteiger partial charge in [0.05, 0.1) is 5.69 Å². The lowest BCUT2D eigenvalue weighted by molar-refractivity contribution is 0.262. The summed E-state index contributed by atoms with van der Waals surface area (Å²) in [6.07, 6.45) is 3.25. The molecule has 4 aromatic heterocycles. The maximum Gasteiger partial charge on any atom is 0.326 e. The highest BCUT2D eigenvalue weighted by atomic mass is 19.1. The molecule has 9 nitrogen and oxygen atoms in total. The van der Waals surface area contributed by atoms with Crippen molar-refractivity contribution in [1.29, 1.82) is 0 Å². The van der Waals surface area contributed by atoms with E-state index in [0.717, 1.165) is 16.8 Å². The molecular formula is C23H19FN8O. The summed E-state index contributed by atoms with van der Waals surface area (Å²) in [5.74, 6) is 0.459. The number of imidazole rings is 1. The normalized spacial score (nSPS) is 11.0. The summed E-state index contributed by atoms with van der Waals surface area (Å²) in [6.45, 7) is 3.55. The molecule has 0 atom stereocenters. The lowest BCUT2D eigenvalue weighted by Gasteiger charge is -2.09. The number of hydrogen-bond acceptors (Lipinski definition) is 5. The van der Waals surface area contributed by atoms with Gasteiger partial charge in [0.2, 0.25) is 0 Å². The molecule has 0 aliphatic rings. The number of nitrogens with zero attached hydrogens (tertiary/aromatic N) is 5. The van der Waals surface area contributed by atoms with Gasteiger partial charge in [-0.15, -0.1) is 0 Å². The quantitative estimate of drug-likeness (QED) is 0.377. The molecule has 3 N–H and O–H groups in total. The highest BCUT2D eigenvalue weighted by Crippen LogP contribution is 2.33. The lowest BCUT2D eigenvalue weighted by atomic mass is 10.0. The van der Waals surface area contributed by atoms with E-state index >= 15 is 0 Å². The summed E-state index contributed by atoms with van der Waals surface area (Å²) < 4.78 is 15.6. The average molecular weight is 442 g/mol. The van der Waals surface area contributed by atoms with Crippen molar-refractivity contribution in [2.24, 2.45) is 0 Å². The van der Waals surface area contributed by atoms with Crippen LogP contribution in [0.5, 0.6) is 0 Å².